The van der Waals surface area contributed by atoms with Crippen molar-refractivity contribution in [2.75, 3.05) is 13.1 Å². The van der Waals surface area contributed by atoms with E-state index in [0.717, 1.165) is 19.5 Å². The zero-order valence-corrected chi connectivity index (χ0v) is 5.15. The maximum atomic E-state index is 4.16. The molecule has 0 spiro atoms. The standard InChI is InChI=1S/C6H9N3/c1-2-7-3-5-4-8-9-6(1)5/h3,8-9H,1-2,4H2. The van der Waals surface area contributed by atoms with Crippen LogP contribution in [0.15, 0.2) is 16.3 Å². The number of nitrogens with one attached hydrogen (secondary N) is 2. The molecule has 0 unspecified atom stereocenters. The third-order valence-electron chi connectivity index (χ3n) is 1.64. The molecule has 0 atom stereocenters. The number of hydrogen-bond acceptors (Lipinski definition) is 3. The Bertz CT molecular complexity index is 181. The van der Waals surface area contributed by atoms with Crippen molar-refractivity contribution in [3.8, 4) is 0 Å². The molecule has 2 N–H and O–H groups in total. The molecule has 48 valence electrons. The summed E-state index contributed by atoms with van der Waals surface area (Å²) in [6.07, 6.45) is 3.02. The van der Waals surface area contributed by atoms with Gasteiger partial charge in [0.1, 0.15) is 0 Å². The highest BCUT2D eigenvalue weighted by Gasteiger charge is 2.12. The van der Waals surface area contributed by atoms with Crippen LogP contribution in [0, 0.1) is 0 Å². The molecule has 0 aliphatic carbocycles. The van der Waals surface area contributed by atoms with E-state index in [2.05, 4.69) is 15.8 Å². The van der Waals surface area contributed by atoms with E-state index < -0.39 is 0 Å². The van der Waals surface area contributed by atoms with Crippen LogP contribution in [-0.4, -0.2) is 19.3 Å². The molecule has 9 heavy (non-hydrogen) atoms. The van der Waals surface area contributed by atoms with Gasteiger partial charge in [-0.25, -0.2) is 5.43 Å². The van der Waals surface area contributed by atoms with Crippen LogP contribution < -0.4 is 10.9 Å². The first-order valence-corrected chi connectivity index (χ1v) is 3.17. The molecular weight excluding hydrogens is 114 g/mol. The first-order valence-electron chi connectivity index (χ1n) is 3.17. The number of nitrogens with zero attached hydrogens (tertiary/aromatic N) is 1. The Morgan fingerprint density at radius 3 is 3.44 bits per heavy atom. The Morgan fingerprint density at radius 2 is 2.56 bits per heavy atom. The van der Waals surface area contributed by atoms with E-state index in [1.165, 1.54) is 11.3 Å². The van der Waals surface area contributed by atoms with Crippen LogP contribution in [0.1, 0.15) is 6.42 Å². The average molecular weight is 123 g/mol. The molecule has 0 amide bonds. The Hall–Kier alpha value is -0.830. The molecule has 0 saturated heterocycles. The lowest BCUT2D eigenvalue weighted by atomic mass is 10.1. The molecule has 0 radical (unpaired) electrons. The van der Waals surface area contributed by atoms with Gasteiger partial charge in [0, 0.05) is 37.0 Å². The second-order valence-corrected chi connectivity index (χ2v) is 2.27. The van der Waals surface area contributed by atoms with E-state index >= 15 is 0 Å². The number of aliphatic imine (C=N–C) groups is 1. The van der Waals surface area contributed by atoms with Gasteiger partial charge < -0.3 is 5.43 Å². The summed E-state index contributed by atoms with van der Waals surface area (Å²) in [5, 5.41) is 0. The third-order valence-corrected chi connectivity index (χ3v) is 1.64. The number of hydrogen-bond donors (Lipinski definition) is 2. The van der Waals surface area contributed by atoms with Crippen molar-refractivity contribution < 1.29 is 0 Å². The lowest BCUT2D eigenvalue weighted by Gasteiger charge is -2.05. The van der Waals surface area contributed by atoms with Gasteiger partial charge in [0.15, 0.2) is 0 Å². The fraction of sp³-hybridized carbons (Fsp3) is 0.500. The maximum absolute atomic E-state index is 4.16. The van der Waals surface area contributed by atoms with Crippen molar-refractivity contribution in [1.29, 1.82) is 0 Å². The normalized spacial score (nSPS) is 24.0. The Balaban J connectivity index is 2.28. The van der Waals surface area contributed by atoms with Gasteiger partial charge in [-0.05, 0) is 0 Å². The van der Waals surface area contributed by atoms with Crippen LogP contribution in [-0.2, 0) is 0 Å². The Labute approximate surface area is 53.8 Å². The summed E-state index contributed by atoms with van der Waals surface area (Å²) in [6.45, 7) is 1.87. The minimum absolute atomic E-state index is 0.929. The number of rotatable bonds is 0. The van der Waals surface area contributed by atoms with E-state index in [1.54, 1.807) is 0 Å². The van der Waals surface area contributed by atoms with E-state index in [0.29, 0.717) is 0 Å². The predicted molar refractivity (Wildman–Crippen MR) is 36.1 cm³/mol. The molecule has 0 saturated carbocycles. The average Bonchev–Trinajstić information content (AvgIpc) is 2.33. The van der Waals surface area contributed by atoms with Crippen molar-refractivity contribution in [2.24, 2.45) is 4.99 Å². The minimum Gasteiger partial charge on any atom is -0.325 e. The lowest BCUT2D eigenvalue weighted by Crippen LogP contribution is -2.23. The van der Waals surface area contributed by atoms with E-state index in [4.69, 9.17) is 0 Å². The van der Waals surface area contributed by atoms with Crippen LogP contribution in [0.4, 0.5) is 0 Å². The van der Waals surface area contributed by atoms with Crippen LogP contribution in [0.25, 0.3) is 0 Å². The van der Waals surface area contributed by atoms with Crippen molar-refractivity contribution in [1.82, 2.24) is 10.9 Å². The maximum Gasteiger partial charge on any atom is 0.0444 e. The van der Waals surface area contributed by atoms with E-state index in [1.807, 2.05) is 6.21 Å². The molecule has 3 heteroatoms. The largest absolute Gasteiger partial charge is 0.325 e. The van der Waals surface area contributed by atoms with Gasteiger partial charge in [-0.2, -0.15) is 0 Å². The van der Waals surface area contributed by atoms with Crippen molar-refractivity contribution in [3.05, 3.63) is 11.3 Å². The zero-order chi connectivity index (χ0) is 6.10. The topological polar surface area (TPSA) is 36.4 Å². The molecule has 0 bridgehead atoms. The quantitative estimate of drug-likeness (QED) is 0.469. The van der Waals surface area contributed by atoms with Gasteiger partial charge in [0.05, 0.1) is 0 Å². The summed E-state index contributed by atoms with van der Waals surface area (Å²) in [4.78, 5) is 4.16. The molecule has 0 fully saturated rings. The molecule has 2 rings (SSSR count). The van der Waals surface area contributed by atoms with Crippen LogP contribution in [0.2, 0.25) is 0 Å². The molecule has 2 heterocycles. The number of dihydropyridines is 1. The second kappa shape index (κ2) is 1.84. The highest BCUT2D eigenvalue weighted by atomic mass is 15.4. The van der Waals surface area contributed by atoms with Crippen LogP contribution >= 0.6 is 0 Å². The molecule has 2 aliphatic heterocycles. The summed E-state index contributed by atoms with van der Waals surface area (Å²) in [5.74, 6) is 0. The zero-order valence-electron chi connectivity index (χ0n) is 5.15. The Kier molecular flexibility index (Phi) is 1.02. The summed E-state index contributed by atoms with van der Waals surface area (Å²) in [7, 11) is 0. The van der Waals surface area contributed by atoms with Crippen molar-refractivity contribution in [2.45, 2.75) is 6.42 Å². The van der Waals surface area contributed by atoms with E-state index in [9.17, 15) is 0 Å². The highest BCUT2D eigenvalue weighted by molar-refractivity contribution is 5.81. The van der Waals surface area contributed by atoms with Crippen molar-refractivity contribution >= 4 is 6.21 Å². The summed E-state index contributed by atoms with van der Waals surface area (Å²) >= 11 is 0. The Morgan fingerprint density at radius 1 is 1.56 bits per heavy atom. The van der Waals surface area contributed by atoms with Gasteiger partial charge in [0.25, 0.3) is 0 Å². The molecule has 0 aromatic heterocycles. The molecule has 3 nitrogen and oxygen atoms in total. The smallest absolute Gasteiger partial charge is 0.0444 e. The monoisotopic (exact) mass is 123 g/mol. The first kappa shape index (κ1) is 4.99. The van der Waals surface area contributed by atoms with Gasteiger partial charge >= 0.3 is 0 Å². The summed E-state index contributed by atoms with van der Waals surface area (Å²) in [6, 6.07) is 0. The van der Waals surface area contributed by atoms with Gasteiger partial charge in [0.2, 0.25) is 0 Å². The lowest BCUT2D eigenvalue weighted by molar-refractivity contribution is 0.676. The van der Waals surface area contributed by atoms with Crippen LogP contribution in [0.5, 0.6) is 0 Å². The van der Waals surface area contributed by atoms with Gasteiger partial charge in [-0.3, -0.25) is 4.99 Å². The summed E-state index contributed by atoms with van der Waals surface area (Å²) in [5.41, 5.74) is 8.79. The van der Waals surface area contributed by atoms with Gasteiger partial charge in [-0.15, -0.1) is 0 Å². The SMILES string of the molecule is C1=NCCC2=C1CNN2. The minimum atomic E-state index is 0.929. The molecule has 0 aromatic carbocycles. The fourth-order valence-corrected chi connectivity index (χ4v) is 1.13. The summed E-state index contributed by atoms with van der Waals surface area (Å²) < 4.78 is 0. The highest BCUT2D eigenvalue weighted by Crippen LogP contribution is 2.11. The number of hydrazine groups is 1. The first-order chi connectivity index (χ1) is 4.47. The molecule has 0 aromatic rings. The fourth-order valence-electron chi connectivity index (χ4n) is 1.13. The molecular formula is C6H9N3. The van der Waals surface area contributed by atoms with Gasteiger partial charge in [-0.1, -0.05) is 0 Å². The molecule has 2 aliphatic rings. The van der Waals surface area contributed by atoms with Crippen molar-refractivity contribution in [3.63, 3.8) is 0 Å². The predicted octanol–water partition coefficient (Wildman–Crippen LogP) is -0.177. The van der Waals surface area contributed by atoms with E-state index in [-0.39, 0.29) is 0 Å². The third kappa shape index (κ3) is 0.733. The second-order valence-electron chi connectivity index (χ2n) is 2.27. The van der Waals surface area contributed by atoms with Crippen LogP contribution in [0.3, 0.4) is 0 Å².